The molecular weight excluding hydrogens is 420 g/mol. The van der Waals surface area contributed by atoms with Crippen LogP contribution in [0.5, 0.6) is 11.5 Å². The van der Waals surface area contributed by atoms with Crippen molar-refractivity contribution in [1.82, 2.24) is 0 Å². The first kappa shape index (κ1) is 20.8. The zero-order chi connectivity index (χ0) is 18.9. The van der Waals surface area contributed by atoms with Crippen molar-refractivity contribution >= 4 is 46.4 Å². The van der Waals surface area contributed by atoms with E-state index >= 15 is 0 Å². The van der Waals surface area contributed by atoms with Gasteiger partial charge >= 0.3 is 0 Å². The van der Waals surface area contributed by atoms with Crippen LogP contribution in [0.4, 0.5) is 0 Å². The van der Waals surface area contributed by atoms with E-state index in [1.165, 1.54) is 6.08 Å². The van der Waals surface area contributed by atoms with Crippen molar-refractivity contribution in [3.05, 3.63) is 73.0 Å². The number of nitrogens with zero attached hydrogens (tertiary/aromatic N) is 1. The molecule has 0 aromatic heterocycles. The van der Waals surface area contributed by atoms with E-state index in [9.17, 15) is 4.91 Å². The molecule has 0 bridgehead atoms. The molecule has 0 atom stereocenters. The van der Waals surface area contributed by atoms with E-state index in [0.29, 0.717) is 34.6 Å². The molecule has 0 amide bonds. The third-order valence-electron chi connectivity index (χ3n) is 3.37. The van der Waals surface area contributed by atoms with Gasteiger partial charge < -0.3 is 9.47 Å². The number of halogens is 4. The maximum Gasteiger partial charge on any atom is 0.156 e. The van der Waals surface area contributed by atoms with E-state index in [1.807, 2.05) is 24.3 Å². The Morgan fingerprint density at radius 2 is 1.62 bits per heavy atom. The summed E-state index contributed by atoms with van der Waals surface area (Å²) in [6.07, 6.45) is 2.17. The van der Waals surface area contributed by atoms with E-state index in [1.54, 1.807) is 12.1 Å². The van der Waals surface area contributed by atoms with E-state index < -0.39 is 0 Å². The highest BCUT2D eigenvalue weighted by atomic mass is 35.5. The van der Waals surface area contributed by atoms with Gasteiger partial charge in [0.15, 0.2) is 5.75 Å². The second-order valence-electron chi connectivity index (χ2n) is 5.22. The van der Waals surface area contributed by atoms with Gasteiger partial charge in [0, 0.05) is 18.6 Å². The Labute approximate surface area is 171 Å². The normalized spacial score (nSPS) is 10.3. The number of rotatable bonds is 9. The second-order valence-corrected chi connectivity index (χ2v) is 7.05. The van der Waals surface area contributed by atoms with Crippen LogP contribution >= 0.6 is 46.4 Å². The summed E-state index contributed by atoms with van der Waals surface area (Å²) >= 11 is 23.5. The Morgan fingerprint density at radius 1 is 1.00 bits per heavy atom. The third-order valence-corrected chi connectivity index (χ3v) is 4.24. The summed E-state index contributed by atoms with van der Waals surface area (Å²) in [7, 11) is 0. The number of nitroso groups, excluding NO2 is 1. The van der Waals surface area contributed by atoms with Gasteiger partial charge in [0.2, 0.25) is 0 Å². The highest BCUT2D eigenvalue weighted by Gasteiger charge is 2.11. The van der Waals surface area contributed by atoms with Crippen molar-refractivity contribution in [2.45, 2.75) is 13.0 Å². The monoisotopic (exact) mass is 433 g/mol. The van der Waals surface area contributed by atoms with Gasteiger partial charge in [0.25, 0.3) is 0 Å². The molecule has 138 valence electrons. The zero-order valence-corrected chi connectivity index (χ0v) is 16.6. The number of ether oxygens (including phenoxy) is 2. The fourth-order valence-electron chi connectivity index (χ4n) is 2.12. The molecule has 0 unspecified atom stereocenters. The Morgan fingerprint density at radius 3 is 2.19 bits per heavy atom. The van der Waals surface area contributed by atoms with Crippen LogP contribution in [0.15, 0.2) is 52.1 Å². The molecule has 0 aliphatic heterocycles. The largest absolute Gasteiger partial charge is 0.490 e. The van der Waals surface area contributed by atoms with E-state index in [-0.39, 0.29) is 17.6 Å². The maximum atomic E-state index is 10.2. The lowest BCUT2D eigenvalue weighted by atomic mass is 10.1. The lowest BCUT2D eigenvalue weighted by Gasteiger charge is -2.12. The van der Waals surface area contributed by atoms with Gasteiger partial charge in [-0.1, -0.05) is 75.8 Å². The first-order valence-corrected chi connectivity index (χ1v) is 9.13. The quantitative estimate of drug-likeness (QED) is 0.418. The SMILES string of the molecule is O=NCc1ccc(CCOc2c(Cl)cc(OCC=C(Cl)Cl)cc2Cl)cc1. The standard InChI is InChI=1S/C18H15Cl4NO3/c19-15-9-14(25-8-6-17(21)22)10-16(20)18(15)26-7-5-12-1-3-13(4-2-12)11-23-24/h1-4,6,9-10H,5,7-8,11H2. The maximum absolute atomic E-state index is 10.2. The summed E-state index contributed by atoms with van der Waals surface area (Å²) < 4.78 is 11.3. The van der Waals surface area contributed by atoms with Crippen LogP contribution in [0.25, 0.3) is 0 Å². The fourth-order valence-corrected chi connectivity index (χ4v) is 2.82. The van der Waals surface area contributed by atoms with E-state index in [4.69, 9.17) is 55.9 Å². The molecular formula is C18H15Cl4NO3. The van der Waals surface area contributed by atoms with E-state index in [2.05, 4.69) is 5.18 Å². The Kier molecular flexibility index (Phi) is 8.52. The molecule has 2 aromatic carbocycles. The number of hydrogen-bond acceptors (Lipinski definition) is 4. The molecule has 4 nitrogen and oxygen atoms in total. The highest BCUT2D eigenvalue weighted by molar-refractivity contribution is 6.55. The first-order valence-electron chi connectivity index (χ1n) is 7.62. The molecule has 0 aliphatic rings. The van der Waals surface area contributed by atoms with Crippen molar-refractivity contribution in [1.29, 1.82) is 0 Å². The molecule has 2 aromatic rings. The van der Waals surface area contributed by atoms with Crippen LogP contribution in [-0.2, 0) is 13.0 Å². The van der Waals surface area contributed by atoms with Crippen molar-refractivity contribution in [2.24, 2.45) is 5.18 Å². The summed E-state index contributed by atoms with van der Waals surface area (Å²) in [5.74, 6) is 0.880. The average molecular weight is 435 g/mol. The molecule has 0 radical (unpaired) electrons. The minimum Gasteiger partial charge on any atom is -0.490 e. The highest BCUT2D eigenvalue weighted by Crippen LogP contribution is 2.37. The van der Waals surface area contributed by atoms with Gasteiger partial charge in [-0.05, 0) is 17.2 Å². The summed E-state index contributed by atoms with van der Waals surface area (Å²) in [5, 5.41) is 3.56. The molecule has 0 saturated carbocycles. The molecule has 0 spiro atoms. The van der Waals surface area contributed by atoms with Crippen molar-refractivity contribution in [3.8, 4) is 11.5 Å². The third kappa shape index (κ3) is 6.69. The van der Waals surface area contributed by atoms with E-state index in [0.717, 1.165) is 11.1 Å². The van der Waals surface area contributed by atoms with Crippen molar-refractivity contribution in [2.75, 3.05) is 13.2 Å². The van der Waals surface area contributed by atoms with Crippen LogP contribution in [0, 0.1) is 4.91 Å². The van der Waals surface area contributed by atoms with Gasteiger partial charge in [0.05, 0.1) is 16.7 Å². The van der Waals surface area contributed by atoms with Gasteiger partial charge in [-0.3, -0.25) is 0 Å². The molecule has 0 fully saturated rings. The minimum atomic E-state index is 0.123. The summed E-state index contributed by atoms with van der Waals surface area (Å²) in [4.78, 5) is 10.2. The minimum absolute atomic E-state index is 0.123. The van der Waals surface area contributed by atoms with Gasteiger partial charge in [-0.2, -0.15) is 4.91 Å². The Balaban J connectivity index is 1.92. The topological polar surface area (TPSA) is 47.9 Å². The predicted molar refractivity (Wildman–Crippen MR) is 107 cm³/mol. The van der Waals surface area contributed by atoms with Crippen LogP contribution in [0.3, 0.4) is 0 Å². The molecule has 0 saturated heterocycles. The lowest BCUT2D eigenvalue weighted by molar-refractivity contribution is 0.320. The molecule has 26 heavy (non-hydrogen) atoms. The number of hydrogen-bond donors (Lipinski definition) is 0. The van der Waals surface area contributed by atoms with Crippen LogP contribution < -0.4 is 9.47 Å². The summed E-state index contributed by atoms with van der Waals surface area (Å²) in [6.45, 7) is 0.767. The molecule has 8 heteroatoms. The van der Waals surface area contributed by atoms with Gasteiger partial charge in [0.1, 0.15) is 23.4 Å². The molecule has 0 aliphatic carbocycles. The Hall–Kier alpha value is -1.46. The fraction of sp³-hybridized carbons (Fsp3) is 0.222. The van der Waals surface area contributed by atoms with Crippen LogP contribution in [0.2, 0.25) is 10.0 Å². The lowest BCUT2D eigenvalue weighted by Crippen LogP contribution is -2.03. The first-order chi connectivity index (χ1) is 12.5. The zero-order valence-electron chi connectivity index (χ0n) is 13.6. The molecule has 2 rings (SSSR count). The van der Waals surface area contributed by atoms with Crippen LogP contribution in [-0.4, -0.2) is 13.2 Å². The summed E-state index contributed by atoms with van der Waals surface area (Å²) in [5.41, 5.74) is 1.94. The Bertz CT molecular complexity index is 752. The summed E-state index contributed by atoms with van der Waals surface area (Å²) in [6, 6.07) is 10.8. The van der Waals surface area contributed by atoms with Crippen molar-refractivity contribution < 1.29 is 9.47 Å². The number of benzene rings is 2. The predicted octanol–water partition coefficient (Wildman–Crippen LogP) is 6.58. The van der Waals surface area contributed by atoms with Crippen molar-refractivity contribution in [3.63, 3.8) is 0 Å². The second kappa shape index (κ2) is 10.6. The average Bonchev–Trinajstić information content (AvgIpc) is 2.59. The van der Waals surface area contributed by atoms with Gasteiger partial charge in [-0.15, -0.1) is 0 Å². The molecule has 0 heterocycles. The van der Waals surface area contributed by atoms with Gasteiger partial charge in [-0.25, -0.2) is 0 Å². The smallest absolute Gasteiger partial charge is 0.156 e. The molecule has 0 N–H and O–H groups in total. The van der Waals surface area contributed by atoms with Crippen LogP contribution in [0.1, 0.15) is 11.1 Å².